The predicted octanol–water partition coefficient (Wildman–Crippen LogP) is 2.86. The Kier molecular flexibility index (Phi) is 8.50. The molecular formula is C25H18F3N7O7S2. The number of esters is 1. The first-order valence-electron chi connectivity index (χ1n) is 12.3. The number of carbonyl (C=O) groups is 3. The number of benzene rings is 2. The van der Waals surface area contributed by atoms with Gasteiger partial charge in [0, 0.05) is 29.4 Å². The van der Waals surface area contributed by atoms with Crippen molar-refractivity contribution in [2.45, 2.75) is 24.2 Å². The number of nitro benzene ring substituents is 1. The second-order valence-corrected chi connectivity index (χ2v) is 10.9. The van der Waals surface area contributed by atoms with E-state index in [1.807, 2.05) is 0 Å². The van der Waals surface area contributed by atoms with Crippen molar-refractivity contribution in [3.63, 3.8) is 0 Å². The Labute approximate surface area is 253 Å². The van der Waals surface area contributed by atoms with Gasteiger partial charge in [-0.05, 0) is 42.0 Å². The minimum atomic E-state index is -4.65. The molecule has 0 saturated carbocycles. The standard InChI is InChI=1S/C25H18F3N7O7S2/c26-25(27,28)13-2-1-3-15(10-13)42-32-17(19-31-24(29)44-33-19)20(36)30-18-21(37)34-16(8-9-43-22(18)34)23(38)41-11-12-4-6-14(7-5-12)35(39)40/h1-8,10,18,22H,9,11H2,(H,30,36)(H2,29,31,33)/b32-17+. The zero-order chi connectivity index (χ0) is 31.6. The van der Waals surface area contributed by atoms with E-state index >= 15 is 0 Å². The number of nitrogens with one attached hydrogen (secondary N) is 1. The largest absolute Gasteiger partial charge is 0.456 e. The molecule has 44 heavy (non-hydrogen) atoms. The molecule has 3 heterocycles. The zero-order valence-corrected chi connectivity index (χ0v) is 23.5. The fourth-order valence-corrected chi connectivity index (χ4v) is 5.65. The Balaban J connectivity index is 1.26. The van der Waals surface area contributed by atoms with Gasteiger partial charge in [-0.1, -0.05) is 11.2 Å². The van der Waals surface area contributed by atoms with Crippen molar-refractivity contribution in [3.05, 3.63) is 87.4 Å². The minimum absolute atomic E-state index is 0.0321. The van der Waals surface area contributed by atoms with Crippen molar-refractivity contribution in [1.82, 2.24) is 19.6 Å². The third kappa shape index (κ3) is 6.47. The van der Waals surface area contributed by atoms with Gasteiger partial charge in [0.25, 0.3) is 17.5 Å². The molecule has 5 rings (SSSR count). The van der Waals surface area contributed by atoms with Crippen LogP contribution in [-0.2, 0) is 31.9 Å². The van der Waals surface area contributed by atoms with E-state index in [1.54, 1.807) is 0 Å². The van der Waals surface area contributed by atoms with Gasteiger partial charge < -0.3 is 20.6 Å². The molecule has 2 aliphatic rings. The number of nitrogens with zero attached hydrogens (tertiary/aromatic N) is 5. The normalized spacial score (nSPS) is 18.1. The van der Waals surface area contributed by atoms with Crippen LogP contribution in [0, 0.1) is 10.1 Å². The minimum Gasteiger partial charge on any atom is -0.456 e. The molecular weight excluding hydrogens is 631 g/mol. The van der Waals surface area contributed by atoms with Crippen LogP contribution in [0.2, 0.25) is 0 Å². The highest BCUT2D eigenvalue weighted by atomic mass is 32.2. The molecule has 1 aromatic heterocycles. The molecule has 3 N–H and O–H groups in total. The van der Waals surface area contributed by atoms with Gasteiger partial charge in [-0.25, -0.2) is 4.79 Å². The molecule has 2 atom stereocenters. The van der Waals surface area contributed by atoms with Crippen LogP contribution in [0.3, 0.4) is 0 Å². The number of rotatable bonds is 9. The lowest BCUT2D eigenvalue weighted by Gasteiger charge is -2.48. The second kappa shape index (κ2) is 12.3. The number of hydrogen-bond acceptors (Lipinski definition) is 13. The Morgan fingerprint density at radius 3 is 2.64 bits per heavy atom. The van der Waals surface area contributed by atoms with Crippen molar-refractivity contribution < 1.29 is 42.1 Å². The fourth-order valence-electron chi connectivity index (χ4n) is 4.02. The molecule has 0 bridgehead atoms. The van der Waals surface area contributed by atoms with Gasteiger partial charge in [0.1, 0.15) is 23.7 Å². The molecule has 2 amide bonds. The molecule has 19 heteroatoms. The smallest absolute Gasteiger partial charge is 0.416 e. The number of alkyl halides is 3. The van der Waals surface area contributed by atoms with E-state index in [9.17, 15) is 37.7 Å². The van der Waals surface area contributed by atoms with Crippen LogP contribution in [-0.4, -0.2) is 59.8 Å². The predicted molar refractivity (Wildman–Crippen MR) is 149 cm³/mol. The van der Waals surface area contributed by atoms with Crippen molar-refractivity contribution >= 4 is 57.6 Å². The number of β-lactam (4-membered cyclic amide) rings is 1. The molecule has 2 aliphatic heterocycles. The SMILES string of the molecule is Nc1nc(/C(=N\Oc2cccc(C(F)(F)F)c2)C(=O)NC2C(=O)N3C(C(=O)OCc4ccc([N+](=O)[O-])cc4)=CCSC23)ns1. The van der Waals surface area contributed by atoms with Crippen molar-refractivity contribution in [2.75, 3.05) is 11.5 Å². The van der Waals surface area contributed by atoms with Crippen molar-refractivity contribution in [1.29, 1.82) is 0 Å². The lowest BCUT2D eigenvalue weighted by Crippen LogP contribution is -2.70. The zero-order valence-electron chi connectivity index (χ0n) is 21.9. The van der Waals surface area contributed by atoms with E-state index < -0.39 is 51.6 Å². The number of hydrogen-bond donors (Lipinski definition) is 2. The van der Waals surface area contributed by atoms with Crippen LogP contribution in [0.5, 0.6) is 5.75 Å². The van der Waals surface area contributed by atoms with E-state index in [0.29, 0.717) is 17.4 Å². The lowest BCUT2D eigenvalue weighted by molar-refractivity contribution is -0.384. The molecule has 2 unspecified atom stereocenters. The number of halogens is 3. The Morgan fingerprint density at radius 1 is 1.23 bits per heavy atom. The number of ether oxygens (including phenoxy) is 1. The Morgan fingerprint density at radius 2 is 1.98 bits per heavy atom. The topological polar surface area (TPSA) is 192 Å². The number of thioether (sulfide) groups is 1. The molecule has 1 fully saturated rings. The van der Waals surface area contributed by atoms with Crippen LogP contribution >= 0.6 is 23.3 Å². The molecule has 2 aromatic carbocycles. The number of oxime groups is 1. The molecule has 0 radical (unpaired) electrons. The highest BCUT2D eigenvalue weighted by molar-refractivity contribution is 8.00. The molecule has 3 aromatic rings. The highest BCUT2D eigenvalue weighted by Crippen LogP contribution is 2.38. The van der Waals surface area contributed by atoms with Gasteiger partial charge >= 0.3 is 12.1 Å². The summed E-state index contributed by atoms with van der Waals surface area (Å²) in [5, 5.41) is 16.2. The van der Waals surface area contributed by atoms with Crippen molar-refractivity contribution in [2.24, 2.45) is 5.16 Å². The first-order valence-corrected chi connectivity index (χ1v) is 14.1. The maximum atomic E-state index is 13.2. The number of non-ortho nitro benzene ring substituents is 1. The lowest BCUT2D eigenvalue weighted by atomic mass is 10.0. The third-order valence-electron chi connectivity index (χ3n) is 6.13. The van der Waals surface area contributed by atoms with Gasteiger partial charge in [0.15, 0.2) is 10.9 Å². The summed E-state index contributed by atoms with van der Waals surface area (Å²) in [6, 6.07) is 8.07. The number of amides is 2. The number of nitrogen functional groups attached to an aromatic ring is 1. The third-order valence-corrected chi connectivity index (χ3v) is 7.86. The molecule has 14 nitrogen and oxygen atoms in total. The number of anilines is 1. The number of nitro groups is 1. The maximum absolute atomic E-state index is 13.2. The van der Waals surface area contributed by atoms with Crippen molar-refractivity contribution in [3.8, 4) is 5.75 Å². The first-order chi connectivity index (χ1) is 20.9. The summed E-state index contributed by atoms with van der Waals surface area (Å²) in [6.45, 7) is -0.205. The van der Waals surface area contributed by atoms with Crippen LogP contribution in [0.4, 0.5) is 24.0 Å². The fraction of sp³-hybridized carbons (Fsp3) is 0.200. The first kappa shape index (κ1) is 30.4. The van der Waals surface area contributed by atoms with Gasteiger partial charge in [-0.3, -0.25) is 24.6 Å². The van der Waals surface area contributed by atoms with Crippen LogP contribution < -0.4 is 15.9 Å². The van der Waals surface area contributed by atoms with Gasteiger partial charge in [-0.2, -0.15) is 22.5 Å². The summed E-state index contributed by atoms with van der Waals surface area (Å²) in [5.74, 6) is -2.75. The molecule has 0 spiro atoms. The second-order valence-electron chi connectivity index (χ2n) is 8.99. The molecule has 228 valence electrons. The van der Waals surface area contributed by atoms with Gasteiger partial charge in [-0.15, -0.1) is 11.8 Å². The summed E-state index contributed by atoms with van der Waals surface area (Å²) >= 11 is 1.97. The van der Waals surface area contributed by atoms with E-state index in [2.05, 4.69) is 19.8 Å². The van der Waals surface area contributed by atoms with E-state index in [0.717, 1.165) is 28.6 Å². The Bertz CT molecular complexity index is 1700. The summed E-state index contributed by atoms with van der Waals surface area (Å²) in [5.41, 5.74) is 4.38. The van der Waals surface area contributed by atoms with E-state index in [-0.39, 0.29) is 34.7 Å². The summed E-state index contributed by atoms with van der Waals surface area (Å²) in [6.07, 6.45) is -3.15. The quantitative estimate of drug-likeness (QED) is 0.114. The van der Waals surface area contributed by atoms with Gasteiger partial charge in [0.2, 0.25) is 11.5 Å². The van der Waals surface area contributed by atoms with Crippen LogP contribution in [0.15, 0.2) is 65.5 Å². The maximum Gasteiger partial charge on any atom is 0.416 e. The number of carbonyl (C=O) groups excluding carboxylic acids is 3. The number of nitrogens with two attached hydrogens (primary N) is 1. The summed E-state index contributed by atoms with van der Waals surface area (Å²) in [7, 11) is 0. The molecule has 0 aliphatic carbocycles. The van der Waals surface area contributed by atoms with Gasteiger partial charge in [0.05, 0.1) is 10.5 Å². The number of aromatic nitrogens is 2. The van der Waals surface area contributed by atoms with Crippen LogP contribution in [0.25, 0.3) is 0 Å². The van der Waals surface area contributed by atoms with E-state index in [4.69, 9.17) is 15.3 Å². The average molecular weight is 650 g/mol. The Hall–Kier alpha value is -5.04. The molecule has 1 saturated heterocycles. The monoisotopic (exact) mass is 649 g/mol. The summed E-state index contributed by atoms with van der Waals surface area (Å²) in [4.78, 5) is 59.4. The van der Waals surface area contributed by atoms with Crippen LogP contribution in [0.1, 0.15) is 17.0 Å². The summed E-state index contributed by atoms with van der Waals surface area (Å²) < 4.78 is 48.4. The number of fused-ring (bicyclic) bond motifs is 1. The highest BCUT2D eigenvalue weighted by Gasteiger charge is 2.53. The van der Waals surface area contributed by atoms with E-state index in [1.165, 1.54) is 48.2 Å². The average Bonchev–Trinajstić information content (AvgIpc) is 3.43.